The predicted molar refractivity (Wildman–Crippen MR) is 59.1 cm³/mol. The van der Waals surface area contributed by atoms with Crippen molar-refractivity contribution in [1.82, 2.24) is 0 Å². The molecule has 0 saturated heterocycles. The van der Waals surface area contributed by atoms with Gasteiger partial charge in [-0.2, -0.15) is 0 Å². The highest BCUT2D eigenvalue weighted by Crippen LogP contribution is 2.10. The number of unbranched alkanes of at least 4 members (excludes halogenated alkanes) is 1. The minimum atomic E-state index is -0.0289. The van der Waals surface area contributed by atoms with Crippen molar-refractivity contribution in [2.24, 2.45) is 11.8 Å². The molecule has 0 aromatic heterocycles. The Balaban J connectivity index is 3.61. The molecule has 0 amide bonds. The second-order valence-corrected chi connectivity index (χ2v) is 4.19. The summed E-state index contributed by atoms with van der Waals surface area (Å²) in [5.41, 5.74) is 0. The zero-order chi connectivity index (χ0) is 11.0. The second kappa shape index (κ2) is 7.84. The number of rotatable bonds is 7. The fraction of sp³-hybridized carbons (Fsp3) is 0.917. The third kappa shape index (κ3) is 6.01. The van der Waals surface area contributed by atoms with Gasteiger partial charge in [-0.05, 0) is 12.3 Å². The first-order valence-electron chi connectivity index (χ1n) is 5.78. The van der Waals surface area contributed by atoms with Gasteiger partial charge in [0, 0.05) is 0 Å². The number of hydrogen-bond donors (Lipinski definition) is 0. The Morgan fingerprint density at radius 1 is 1.29 bits per heavy atom. The fourth-order valence-corrected chi connectivity index (χ4v) is 1.11. The van der Waals surface area contributed by atoms with Gasteiger partial charge >= 0.3 is 5.97 Å². The van der Waals surface area contributed by atoms with Crippen molar-refractivity contribution in [3.8, 4) is 0 Å². The SMILES string of the molecule is CCCCC(C)C(=O)OCC(C)CC. The van der Waals surface area contributed by atoms with Gasteiger partial charge in [0.1, 0.15) is 0 Å². The first kappa shape index (κ1) is 13.5. The number of hydrogen-bond acceptors (Lipinski definition) is 2. The molecule has 0 aliphatic heterocycles. The average Bonchev–Trinajstić information content (AvgIpc) is 2.21. The Labute approximate surface area is 88.0 Å². The summed E-state index contributed by atoms with van der Waals surface area (Å²) in [6, 6.07) is 0. The van der Waals surface area contributed by atoms with E-state index in [2.05, 4.69) is 20.8 Å². The van der Waals surface area contributed by atoms with Crippen LogP contribution in [0, 0.1) is 11.8 Å². The third-order valence-electron chi connectivity index (χ3n) is 2.60. The van der Waals surface area contributed by atoms with Crippen LogP contribution >= 0.6 is 0 Å². The number of ether oxygens (including phenoxy) is 1. The Morgan fingerprint density at radius 3 is 2.43 bits per heavy atom. The highest BCUT2D eigenvalue weighted by Gasteiger charge is 2.14. The monoisotopic (exact) mass is 200 g/mol. The van der Waals surface area contributed by atoms with Gasteiger partial charge in [-0.1, -0.05) is 47.0 Å². The smallest absolute Gasteiger partial charge is 0.308 e. The average molecular weight is 200 g/mol. The molecule has 0 aromatic carbocycles. The van der Waals surface area contributed by atoms with E-state index in [1.54, 1.807) is 0 Å². The lowest BCUT2D eigenvalue weighted by atomic mass is 10.0. The maximum atomic E-state index is 11.4. The summed E-state index contributed by atoms with van der Waals surface area (Å²) in [6.45, 7) is 8.88. The minimum absolute atomic E-state index is 0.0289. The molecule has 0 saturated carbocycles. The molecule has 84 valence electrons. The Morgan fingerprint density at radius 2 is 1.93 bits per heavy atom. The quantitative estimate of drug-likeness (QED) is 0.589. The van der Waals surface area contributed by atoms with Crippen LogP contribution in [0.25, 0.3) is 0 Å². The van der Waals surface area contributed by atoms with Gasteiger partial charge in [0.05, 0.1) is 12.5 Å². The molecular weight excluding hydrogens is 176 g/mol. The molecule has 0 rings (SSSR count). The van der Waals surface area contributed by atoms with Crippen LogP contribution in [0.3, 0.4) is 0 Å². The summed E-state index contributed by atoms with van der Waals surface area (Å²) in [4.78, 5) is 11.4. The molecule has 0 bridgehead atoms. The number of carbonyl (C=O) groups is 1. The molecule has 0 aliphatic rings. The van der Waals surface area contributed by atoms with Crippen molar-refractivity contribution in [2.45, 2.75) is 53.4 Å². The maximum absolute atomic E-state index is 11.4. The topological polar surface area (TPSA) is 26.3 Å². The lowest BCUT2D eigenvalue weighted by molar-refractivity contribution is -0.149. The molecule has 2 heteroatoms. The summed E-state index contributed by atoms with van der Waals surface area (Å²) in [7, 11) is 0. The van der Waals surface area contributed by atoms with Crippen molar-refractivity contribution < 1.29 is 9.53 Å². The van der Waals surface area contributed by atoms with Crippen molar-refractivity contribution in [3.05, 3.63) is 0 Å². The summed E-state index contributed by atoms with van der Waals surface area (Å²) in [5, 5.41) is 0. The zero-order valence-corrected chi connectivity index (χ0v) is 10.0. The van der Waals surface area contributed by atoms with Crippen molar-refractivity contribution >= 4 is 5.97 Å². The van der Waals surface area contributed by atoms with E-state index in [-0.39, 0.29) is 11.9 Å². The molecule has 0 radical (unpaired) electrons. The lowest BCUT2D eigenvalue weighted by Crippen LogP contribution is -2.18. The minimum Gasteiger partial charge on any atom is -0.465 e. The van der Waals surface area contributed by atoms with E-state index in [1.807, 2.05) is 6.92 Å². The van der Waals surface area contributed by atoms with Crippen molar-refractivity contribution in [2.75, 3.05) is 6.61 Å². The second-order valence-electron chi connectivity index (χ2n) is 4.19. The van der Waals surface area contributed by atoms with E-state index in [0.717, 1.165) is 25.7 Å². The van der Waals surface area contributed by atoms with Crippen LogP contribution < -0.4 is 0 Å². The number of esters is 1. The predicted octanol–water partition coefficient (Wildman–Crippen LogP) is 3.40. The molecule has 2 nitrogen and oxygen atoms in total. The van der Waals surface area contributed by atoms with Crippen LogP contribution in [-0.4, -0.2) is 12.6 Å². The van der Waals surface area contributed by atoms with Crippen molar-refractivity contribution in [3.63, 3.8) is 0 Å². The molecule has 0 N–H and O–H groups in total. The number of carbonyl (C=O) groups excluding carboxylic acids is 1. The van der Waals surface area contributed by atoms with Crippen LogP contribution in [0.2, 0.25) is 0 Å². The molecular formula is C12H24O2. The van der Waals surface area contributed by atoms with Crippen LogP contribution in [0.15, 0.2) is 0 Å². The van der Waals surface area contributed by atoms with Gasteiger partial charge in [-0.3, -0.25) is 4.79 Å². The zero-order valence-electron chi connectivity index (χ0n) is 10.0. The molecule has 0 aromatic rings. The largest absolute Gasteiger partial charge is 0.465 e. The van der Waals surface area contributed by atoms with Gasteiger partial charge in [0.25, 0.3) is 0 Å². The van der Waals surface area contributed by atoms with E-state index >= 15 is 0 Å². The standard InChI is InChI=1S/C12H24O2/c1-5-7-8-11(4)12(13)14-9-10(3)6-2/h10-11H,5-9H2,1-4H3. The van der Waals surface area contributed by atoms with Gasteiger partial charge < -0.3 is 4.74 Å². The van der Waals surface area contributed by atoms with E-state index in [4.69, 9.17) is 4.74 Å². The van der Waals surface area contributed by atoms with E-state index in [0.29, 0.717) is 12.5 Å². The first-order valence-corrected chi connectivity index (χ1v) is 5.78. The first-order chi connectivity index (χ1) is 6.61. The van der Waals surface area contributed by atoms with Crippen LogP contribution in [0.1, 0.15) is 53.4 Å². The molecule has 2 atom stereocenters. The lowest BCUT2D eigenvalue weighted by Gasteiger charge is -2.13. The molecule has 0 heterocycles. The Bertz CT molecular complexity index is 154. The van der Waals surface area contributed by atoms with E-state index < -0.39 is 0 Å². The van der Waals surface area contributed by atoms with Gasteiger partial charge in [0.15, 0.2) is 0 Å². The molecule has 0 aliphatic carbocycles. The van der Waals surface area contributed by atoms with Crippen LogP contribution in [0.4, 0.5) is 0 Å². The maximum Gasteiger partial charge on any atom is 0.308 e. The van der Waals surface area contributed by atoms with Crippen molar-refractivity contribution in [1.29, 1.82) is 0 Å². The summed E-state index contributed by atoms with van der Waals surface area (Å²) in [5.74, 6) is 0.523. The molecule has 2 unspecified atom stereocenters. The third-order valence-corrected chi connectivity index (χ3v) is 2.60. The summed E-state index contributed by atoms with van der Waals surface area (Å²) in [6.07, 6.45) is 4.27. The summed E-state index contributed by atoms with van der Waals surface area (Å²) < 4.78 is 5.21. The molecule has 0 spiro atoms. The fourth-order valence-electron chi connectivity index (χ4n) is 1.11. The molecule has 14 heavy (non-hydrogen) atoms. The normalized spacial score (nSPS) is 14.9. The Kier molecular flexibility index (Phi) is 7.54. The molecule has 0 fully saturated rings. The Hall–Kier alpha value is -0.530. The van der Waals surface area contributed by atoms with E-state index in [1.165, 1.54) is 0 Å². The summed E-state index contributed by atoms with van der Waals surface area (Å²) >= 11 is 0. The highest BCUT2D eigenvalue weighted by atomic mass is 16.5. The van der Waals surface area contributed by atoms with Crippen LogP contribution in [0.5, 0.6) is 0 Å². The highest BCUT2D eigenvalue weighted by molar-refractivity contribution is 5.71. The van der Waals surface area contributed by atoms with Gasteiger partial charge in [0.2, 0.25) is 0 Å². The van der Waals surface area contributed by atoms with Gasteiger partial charge in [-0.25, -0.2) is 0 Å². The van der Waals surface area contributed by atoms with Gasteiger partial charge in [-0.15, -0.1) is 0 Å². The van der Waals surface area contributed by atoms with E-state index in [9.17, 15) is 4.79 Å². The van der Waals surface area contributed by atoms with Crippen LogP contribution in [-0.2, 0) is 9.53 Å².